The molecule has 0 saturated heterocycles. The Balaban J connectivity index is 1.90. The Hall–Kier alpha value is 0. The molecule has 0 aliphatic heterocycles. The minimum atomic E-state index is 1.04. The van der Waals surface area contributed by atoms with Gasteiger partial charge in [-0.05, 0) is 55.8 Å². The highest BCUT2D eigenvalue weighted by atomic mass is 14.4. The van der Waals surface area contributed by atoms with Crippen molar-refractivity contribution in [3.63, 3.8) is 0 Å². The SMILES string of the molecule is [CH]1C2CC3CCC(C2)CC1C3. The molecule has 4 saturated carbocycles. The molecule has 4 aliphatic carbocycles. The third kappa shape index (κ3) is 1.02. The van der Waals surface area contributed by atoms with E-state index < -0.39 is 0 Å². The first-order valence-corrected chi connectivity index (χ1v) is 5.25. The minimum absolute atomic E-state index is 1.04. The molecule has 0 heteroatoms. The van der Waals surface area contributed by atoms with Gasteiger partial charge in [0.15, 0.2) is 0 Å². The van der Waals surface area contributed by atoms with E-state index in [-0.39, 0.29) is 0 Å². The van der Waals surface area contributed by atoms with Crippen molar-refractivity contribution in [2.45, 2.75) is 38.5 Å². The summed E-state index contributed by atoms with van der Waals surface area (Å²) >= 11 is 0. The van der Waals surface area contributed by atoms with Crippen molar-refractivity contribution in [3.05, 3.63) is 6.42 Å². The Morgan fingerprint density at radius 2 is 1.18 bits per heavy atom. The van der Waals surface area contributed by atoms with Crippen molar-refractivity contribution in [1.29, 1.82) is 0 Å². The van der Waals surface area contributed by atoms with Crippen molar-refractivity contribution < 1.29 is 0 Å². The van der Waals surface area contributed by atoms with Crippen LogP contribution in [0.4, 0.5) is 0 Å². The summed E-state index contributed by atoms with van der Waals surface area (Å²) in [4.78, 5) is 0. The second-order valence-electron chi connectivity index (χ2n) is 4.96. The predicted octanol–water partition coefficient (Wildman–Crippen LogP) is 3.04. The normalized spacial score (nSPS) is 54.5. The van der Waals surface area contributed by atoms with Crippen LogP contribution in [0.2, 0.25) is 0 Å². The van der Waals surface area contributed by atoms with E-state index in [9.17, 15) is 0 Å². The lowest BCUT2D eigenvalue weighted by Crippen LogP contribution is -2.27. The second kappa shape index (κ2) is 2.24. The summed E-state index contributed by atoms with van der Waals surface area (Å²) in [6.45, 7) is 0. The summed E-state index contributed by atoms with van der Waals surface area (Å²) in [5.74, 6) is 4.34. The third-order valence-corrected chi connectivity index (χ3v) is 4.07. The van der Waals surface area contributed by atoms with Crippen LogP contribution >= 0.6 is 0 Å². The first-order valence-electron chi connectivity index (χ1n) is 5.25. The molecule has 1 radical (unpaired) electrons. The Morgan fingerprint density at radius 3 is 1.64 bits per heavy atom. The molecule has 0 atom stereocenters. The Kier molecular flexibility index (Phi) is 1.33. The fraction of sp³-hybridized carbons (Fsp3) is 0.909. The van der Waals surface area contributed by atoms with Crippen LogP contribution in [0, 0.1) is 30.1 Å². The van der Waals surface area contributed by atoms with Gasteiger partial charge in [-0.1, -0.05) is 12.8 Å². The van der Waals surface area contributed by atoms with E-state index in [1.807, 2.05) is 0 Å². The lowest BCUT2D eigenvalue weighted by molar-refractivity contribution is 0.200. The average molecular weight is 149 g/mol. The molecule has 0 spiro atoms. The van der Waals surface area contributed by atoms with Crippen LogP contribution in [0.15, 0.2) is 0 Å². The van der Waals surface area contributed by atoms with Gasteiger partial charge >= 0.3 is 0 Å². The van der Waals surface area contributed by atoms with Crippen molar-refractivity contribution >= 4 is 0 Å². The second-order valence-corrected chi connectivity index (χ2v) is 4.96. The topological polar surface area (TPSA) is 0 Å². The standard InChI is InChI=1S/C11H17/c1-2-9-5-10-3-8(1)4-11(6-9)7-10/h7-11H,1-6H2. The summed E-state index contributed by atoms with van der Waals surface area (Å²) in [5, 5.41) is 0. The highest BCUT2D eigenvalue weighted by Gasteiger charge is 2.39. The predicted molar refractivity (Wildman–Crippen MR) is 46.0 cm³/mol. The van der Waals surface area contributed by atoms with E-state index in [0.29, 0.717) is 0 Å². The molecule has 0 aromatic rings. The largest absolute Gasteiger partial charge is 0.0502 e. The molecule has 0 unspecified atom stereocenters. The average Bonchev–Trinajstić information content (AvgIpc) is 2.18. The van der Waals surface area contributed by atoms with Crippen LogP contribution in [0.1, 0.15) is 38.5 Å². The molecule has 4 bridgehead atoms. The van der Waals surface area contributed by atoms with E-state index in [1.165, 1.54) is 0 Å². The van der Waals surface area contributed by atoms with E-state index in [1.54, 1.807) is 38.5 Å². The molecular weight excluding hydrogens is 132 g/mol. The van der Waals surface area contributed by atoms with Crippen molar-refractivity contribution in [2.75, 3.05) is 0 Å². The zero-order chi connectivity index (χ0) is 7.26. The van der Waals surface area contributed by atoms with Crippen LogP contribution in [-0.2, 0) is 0 Å². The maximum Gasteiger partial charge on any atom is -0.0323 e. The van der Waals surface area contributed by atoms with Crippen molar-refractivity contribution in [1.82, 2.24) is 0 Å². The fourth-order valence-electron chi connectivity index (χ4n) is 3.74. The Bertz CT molecular complexity index is 127. The van der Waals surface area contributed by atoms with Gasteiger partial charge in [-0.25, -0.2) is 0 Å². The van der Waals surface area contributed by atoms with Crippen LogP contribution < -0.4 is 0 Å². The Morgan fingerprint density at radius 1 is 0.727 bits per heavy atom. The number of hydrogen-bond donors (Lipinski definition) is 0. The molecule has 0 heterocycles. The molecular formula is C11H17. The van der Waals surface area contributed by atoms with Crippen LogP contribution in [0.5, 0.6) is 0 Å². The quantitative estimate of drug-likeness (QED) is 0.496. The number of rotatable bonds is 0. The fourth-order valence-corrected chi connectivity index (χ4v) is 3.74. The molecule has 4 rings (SSSR count). The summed E-state index contributed by atoms with van der Waals surface area (Å²) in [5.41, 5.74) is 0. The van der Waals surface area contributed by atoms with Crippen molar-refractivity contribution in [3.8, 4) is 0 Å². The summed E-state index contributed by atoms with van der Waals surface area (Å²) in [7, 11) is 0. The number of fused-ring (bicyclic) bond motifs is 1. The molecule has 61 valence electrons. The molecule has 0 amide bonds. The van der Waals surface area contributed by atoms with Gasteiger partial charge in [0.1, 0.15) is 0 Å². The summed E-state index contributed by atoms with van der Waals surface area (Å²) in [6, 6.07) is 0. The zero-order valence-corrected chi connectivity index (χ0v) is 7.13. The summed E-state index contributed by atoms with van der Waals surface area (Å²) < 4.78 is 0. The lowest BCUT2D eigenvalue weighted by atomic mass is 9.68. The van der Waals surface area contributed by atoms with E-state index >= 15 is 0 Å². The van der Waals surface area contributed by atoms with Gasteiger partial charge < -0.3 is 0 Å². The lowest BCUT2D eigenvalue weighted by Gasteiger charge is -2.37. The third-order valence-electron chi connectivity index (χ3n) is 4.07. The molecule has 0 nitrogen and oxygen atoms in total. The summed E-state index contributed by atoms with van der Waals surface area (Å²) in [6.07, 6.45) is 12.0. The molecule has 4 aliphatic rings. The maximum absolute atomic E-state index is 2.68. The molecule has 0 aromatic carbocycles. The first-order chi connectivity index (χ1) is 5.40. The van der Waals surface area contributed by atoms with Crippen LogP contribution in [0.25, 0.3) is 0 Å². The first kappa shape index (κ1) is 6.51. The van der Waals surface area contributed by atoms with Gasteiger partial charge in [0, 0.05) is 0 Å². The molecule has 0 aromatic heterocycles. The van der Waals surface area contributed by atoms with Gasteiger partial charge in [0.05, 0.1) is 0 Å². The smallest absolute Gasteiger partial charge is 0.0323 e. The van der Waals surface area contributed by atoms with E-state index in [2.05, 4.69) is 6.42 Å². The van der Waals surface area contributed by atoms with Crippen molar-refractivity contribution in [2.24, 2.45) is 23.7 Å². The zero-order valence-electron chi connectivity index (χ0n) is 7.13. The number of hydrogen-bond acceptors (Lipinski definition) is 0. The minimum Gasteiger partial charge on any atom is -0.0502 e. The van der Waals surface area contributed by atoms with Gasteiger partial charge in [-0.2, -0.15) is 0 Å². The maximum atomic E-state index is 2.68. The van der Waals surface area contributed by atoms with Crippen LogP contribution in [0.3, 0.4) is 0 Å². The Labute approximate surface area is 69.4 Å². The highest BCUT2D eigenvalue weighted by molar-refractivity contribution is 4.99. The van der Waals surface area contributed by atoms with Gasteiger partial charge in [-0.3, -0.25) is 0 Å². The van der Waals surface area contributed by atoms with E-state index in [0.717, 1.165) is 23.7 Å². The van der Waals surface area contributed by atoms with Crippen LogP contribution in [-0.4, -0.2) is 0 Å². The van der Waals surface area contributed by atoms with Gasteiger partial charge in [0.25, 0.3) is 0 Å². The van der Waals surface area contributed by atoms with Gasteiger partial charge in [0.2, 0.25) is 0 Å². The molecule has 11 heavy (non-hydrogen) atoms. The monoisotopic (exact) mass is 149 g/mol. The van der Waals surface area contributed by atoms with E-state index in [4.69, 9.17) is 0 Å². The highest BCUT2D eigenvalue weighted by Crippen LogP contribution is 2.50. The van der Waals surface area contributed by atoms with Gasteiger partial charge in [-0.15, -0.1) is 0 Å². The molecule has 0 N–H and O–H groups in total. The molecule has 4 fully saturated rings.